The Balaban J connectivity index is 1.50. The van der Waals surface area contributed by atoms with Gasteiger partial charge in [-0.15, -0.1) is 0 Å². The van der Waals surface area contributed by atoms with Crippen molar-refractivity contribution in [1.29, 1.82) is 0 Å². The lowest BCUT2D eigenvalue weighted by Gasteiger charge is -2.39. The van der Waals surface area contributed by atoms with Crippen molar-refractivity contribution in [1.82, 2.24) is 15.1 Å². The van der Waals surface area contributed by atoms with E-state index in [0.29, 0.717) is 17.9 Å². The maximum atomic E-state index is 12.8. The van der Waals surface area contributed by atoms with E-state index < -0.39 is 0 Å². The number of ketones is 1. The summed E-state index contributed by atoms with van der Waals surface area (Å²) in [7, 11) is 0. The maximum Gasteiger partial charge on any atom is 0.166 e. The van der Waals surface area contributed by atoms with Crippen molar-refractivity contribution >= 4 is 5.78 Å². The number of hydrogen-bond acceptors (Lipinski definition) is 3. The molecule has 2 saturated heterocycles. The van der Waals surface area contributed by atoms with Crippen LogP contribution in [0.1, 0.15) is 42.5 Å². The van der Waals surface area contributed by atoms with Gasteiger partial charge in [0.1, 0.15) is 0 Å². The number of carbonyl (C=O) groups excluding carboxylic acids is 1. The number of rotatable bonds is 3. The van der Waals surface area contributed by atoms with Crippen LogP contribution < -0.4 is 5.32 Å². The first-order valence-electron chi connectivity index (χ1n) is 8.20. The second-order valence-corrected chi connectivity index (χ2v) is 6.52. The first-order chi connectivity index (χ1) is 10.8. The SMILES string of the molecule is O=C(c1ccc(-n2cccn2)cc1)C1CC2CCCC(C1)N2. The van der Waals surface area contributed by atoms with E-state index in [1.165, 1.54) is 19.3 Å². The third-order valence-corrected chi connectivity index (χ3v) is 5.01. The smallest absolute Gasteiger partial charge is 0.166 e. The van der Waals surface area contributed by atoms with Gasteiger partial charge in [-0.3, -0.25) is 4.79 Å². The molecule has 0 saturated carbocycles. The Hall–Kier alpha value is -1.94. The summed E-state index contributed by atoms with van der Waals surface area (Å²) >= 11 is 0. The molecule has 114 valence electrons. The van der Waals surface area contributed by atoms with Gasteiger partial charge in [0.05, 0.1) is 5.69 Å². The van der Waals surface area contributed by atoms with Gasteiger partial charge in [-0.05, 0) is 56.0 Å². The van der Waals surface area contributed by atoms with Crippen molar-refractivity contribution in [3.05, 3.63) is 48.3 Å². The van der Waals surface area contributed by atoms with Crippen LogP contribution in [0.25, 0.3) is 5.69 Å². The van der Waals surface area contributed by atoms with Crippen LogP contribution in [0.15, 0.2) is 42.7 Å². The molecule has 3 heterocycles. The van der Waals surface area contributed by atoms with E-state index >= 15 is 0 Å². The van der Waals surface area contributed by atoms with Gasteiger partial charge in [-0.1, -0.05) is 6.42 Å². The van der Waals surface area contributed by atoms with Crippen LogP contribution in [-0.4, -0.2) is 27.6 Å². The second kappa shape index (κ2) is 5.69. The van der Waals surface area contributed by atoms with Gasteiger partial charge in [-0.2, -0.15) is 5.10 Å². The Morgan fingerprint density at radius 2 is 1.86 bits per heavy atom. The zero-order chi connectivity index (χ0) is 14.9. The van der Waals surface area contributed by atoms with E-state index in [-0.39, 0.29) is 5.92 Å². The normalized spacial score (nSPS) is 27.5. The van der Waals surface area contributed by atoms with Crippen LogP contribution in [0, 0.1) is 5.92 Å². The van der Waals surface area contributed by atoms with Crippen molar-refractivity contribution in [2.75, 3.05) is 0 Å². The highest BCUT2D eigenvalue weighted by Gasteiger charge is 2.34. The first kappa shape index (κ1) is 13.7. The number of fused-ring (bicyclic) bond motifs is 2. The number of aromatic nitrogens is 2. The van der Waals surface area contributed by atoms with Crippen LogP contribution in [0.3, 0.4) is 0 Å². The standard InChI is InChI=1S/C18H21N3O/c22-18(14-11-15-3-1-4-16(12-14)20-15)13-5-7-17(8-6-13)21-10-2-9-19-21/h2,5-10,14-16,20H,1,3-4,11-12H2. The Morgan fingerprint density at radius 1 is 1.14 bits per heavy atom. The van der Waals surface area contributed by atoms with Gasteiger partial charge >= 0.3 is 0 Å². The third kappa shape index (κ3) is 2.59. The van der Waals surface area contributed by atoms with E-state index in [4.69, 9.17) is 0 Å². The van der Waals surface area contributed by atoms with Gasteiger partial charge in [0.2, 0.25) is 0 Å². The molecule has 2 bridgehead atoms. The highest BCUT2D eigenvalue weighted by atomic mass is 16.1. The summed E-state index contributed by atoms with van der Waals surface area (Å²) in [5.74, 6) is 0.498. The minimum Gasteiger partial charge on any atom is -0.311 e. The lowest BCUT2D eigenvalue weighted by atomic mass is 9.77. The molecular formula is C18H21N3O. The van der Waals surface area contributed by atoms with Crippen LogP contribution in [0.5, 0.6) is 0 Å². The molecule has 22 heavy (non-hydrogen) atoms. The average molecular weight is 295 g/mol. The molecule has 0 spiro atoms. The van der Waals surface area contributed by atoms with E-state index in [1.54, 1.807) is 6.20 Å². The van der Waals surface area contributed by atoms with Gasteiger partial charge in [-0.25, -0.2) is 4.68 Å². The fourth-order valence-corrected chi connectivity index (χ4v) is 3.92. The molecule has 0 radical (unpaired) electrons. The van der Waals surface area contributed by atoms with Gasteiger partial charge < -0.3 is 5.32 Å². The molecule has 0 aliphatic carbocycles. The molecule has 1 aromatic heterocycles. The monoisotopic (exact) mass is 295 g/mol. The van der Waals surface area contributed by atoms with Crippen LogP contribution in [0.2, 0.25) is 0 Å². The quantitative estimate of drug-likeness (QED) is 0.886. The summed E-state index contributed by atoms with van der Waals surface area (Å²) in [6.07, 6.45) is 9.41. The highest BCUT2D eigenvalue weighted by Crippen LogP contribution is 2.31. The fourth-order valence-electron chi connectivity index (χ4n) is 3.92. The predicted octanol–water partition coefficient (Wildman–Crippen LogP) is 2.98. The topological polar surface area (TPSA) is 46.9 Å². The largest absolute Gasteiger partial charge is 0.311 e. The van der Waals surface area contributed by atoms with E-state index in [9.17, 15) is 4.79 Å². The summed E-state index contributed by atoms with van der Waals surface area (Å²) in [6, 6.07) is 10.8. The van der Waals surface area contributed by atoms with Crippen molar-refractivity contribution in [2.45, 2.75) is 44.2 Å². The number of nitrogens with zero attached hydrogens (tertiary/aromatic N) is 2. The highest BCUT2D eigenvalue weighted by molar-refractivity contribution is 5.98. The molecule has 2 unspecified atom stereocenters. The van der Waals surface area contributed by atoms with Gasteiger partial charge in [0.25, 0.3) is 0 Å². The van der Waals surface area contributed by atoms with Crippen molar-refractivity contribution in [3.8, 4) is 5.69 Å². The molecule has 4 heteroatoms. The molecule has 2 aromatic rings. The molecule has 2 atom stereocenters. The Morgan fingerprint density at radius 3 is 2.50 bits per heavy atom. The number of Topliss-reactive ketones (excluding diaryl/α,β-unsaturated/α-hetero) is 1. The van der Waals surface area contributed by atoms with E-state index in [1.807, 2.05) is 41.2 Å². The molecule has 1 aromatic carbocycles. The third-order valence-electron chi connectivity index (χ3n) is 5.01. The van der Waals surface area contributed by atoms with Crippen LogP contribution in [0.4, 0.5) is 0 Å². The molecule has 1 N–H and O–H groups in total. The molecule has 4 rings (SSSR count). The average Bonchev–Trinajstić information content (AvgIpc) is 3.08. The van der Waals surface area contributed by atoms with Crippen molar-refractivity contribution < 1.29 is 4.79 Å². The van der Waals surface area contributed by atoms with Crippen LogP contribution in [-0.2, 0) is 0 Å². The van der Waals surface area contributed by atoms with Gasteiger partial charge in [0.15, 0.2) is 5.78 Å². The molecule has 2 fully saturated rings. The number of nitrogens with one attached hydrogen (secondary N) is 1. The van der Waals surface area contributed by atoms with E-state index in [2.05, 4.69) is 10.4 Å². The molecule has 0 amide bonds. The molecule has 2 aliphatic rings. The Kier molecular flexibility index (Phi) is 3.54. The van der Waals surface area contributed by atoms with E-state index in [0.717, 1.165) is 24.1 Å². The first-order valence-corrected chi connectivity index (χ1v) is 8.20. The van der Waals surface area contributed by atoms with Crippen molar-refractivity contribution in [3.63, 3.8) is 0 Å². The number of hydrogen-bond donors (Lipinski definition) is 1. The predicted molar refractivity (Wildman–Crippen MR) is 85.2 cm³/mol. The van der Waals surface area contributed by atoms with Crippen molar-refractivity contribution in [2.24, 2.45) is 5.92 Å². The Labute approximate surface area is 130 Å². The summed E-state index contributed by atoms with van der Waals surface area (Å²) in [6.45, 7) is 0. The lowest BCUT2D eigenvalue weighted by molar-refractivity contribution is 0.0825. The summed E-state index contributed by atoms with van der Waals surface area (Å²) in [5, 5.41) is 7.87. The maximum absolute atomic E-state index is 12.8. The summed E-state index contributed by atoms with van der Waals surface area (Å²) < 4.78 is 1.81. The number of piperidine rings is 2. The summed E-state index contributed by atoms with van der Waals surface area (Å²) in [5.41, 5.74) is 1.82. The summed E-state index contributed by atoms with van der Waals surface area (Å²) in [4.78, 5) is 12.8. The van der Waals surface area contributed by atoms with Crippen LogP contribution >= 0.6 is 0 Å². The second-order valence-electron chi connectivity index (χ2n) is 6.52. The number of carbonyl (C=O) groups is 1. The minimum absolute atomic E-state index is 0.187. The lowest BCUT2D eigenvalue weighted by Crippen LogP contribution is -2.50. The Bertz CT molecular complexity index is 635. The molecular weight excluding hydrogens is 274 g/mol. The molecule has 4 nitrogen and oxygen atoms in total. The molecule has 2 aliphatic heterocycles. The van der Waals surface area contributed by atoms with Gasteiger partial charge in [0, 0.05) is 36.0 Å². The minimum atomic E-state index is 0.187. The zero-order valence-electron chi connectivity index (χ0n) is 12.6. The fraction of sp³-hybridized carbons (Fsp3) is 0.444. The number of benzene rings is 1. The zero-order valence-corrected chi connectivity index (χ0v) is 12.6.